The highest BCUT2D eigenvalue weighted by Crippen LogP contribution is 2.13. The molecule has 0 saturated carbocycles. The zero-order valence-electron chi connectivity index (χ0n) is 11.2. The Morgan fingerprint density at radius 3 is 2.06 bits per heavy atom. The molecule has 0 saturated heterocycles. The number of carboxylic acid groups (broad SMARTS) is 1. The number of hydrogen-bond donors (Lipinski definition) is 1. The van der Waals surface area contributed by atoms with Crippen molar-refractivity contribution in [3.8, 4) is 0 Å². The van der Waals surface area contributed by atoms with Gasteiger partial charge in [0, 0.05) is 14.2 Å². The summed E-state index contributed by atoms with van der Waals surface area (Å²) in [4.78, 5) is 23.8. The predicted octanol–water partition coefficient (Wildman–Crippen LogP) is 1.34. The minimum absolute atomic E-state index is 0.620. The van der Waals surface area contributed by atoms with Crippen LogP contribution in [-0.4, -0.2) is 54.0 Å². The number of aliphatic carboxylic acids is 1. The highest BCUT2D eigenvalue weighted by molar-refractivity contribution is 5.80. The van der Waals surface area contributed by atoms with Crippen molar-refractivity contribution in [1.29, 1.82) is 0 Å². The number of likely N-dealkylation sites (N-methyl/N-ethyl adjacent to an activating group) is 1. The molecule has 0 aromatic carbocycles. The van der Waals surface area contributed by atoms with Crippen LogP contribution in [0.1, 0.15) is 27.7 Å². The zero-order chi connectivity index (χ0) is 13.8. The van der Waals surface area contributed by atoms with Gasteiger partial charge in [-0.1, -0.05) is 0 Å². The molecule has 0 unspecified atom stereocenters. The van der Waals surface area contributed by atoms with E-state index in [-0.39, 0.29) is 0 Å². The number of amides is 1. The summed E-state index contributed by atoms with van der Waals surface area (Å²) in [5.41, 5.74) is -0.662. The first-order valence-corrected chi connectivity index (χ1v) is 5.31. The average Bonchev–Trinajstić information content (AvgIpc) is 2.14. The van der Waals surface area contributed by atoms with Crippen molar-refractivity contribution in [2.45, 2.75) is 45.4 Å². The van der Waals surface area contributed by atoms with Crippen LogP contribution < -0.4 is 0 Å². The van der Waals surface area contributed by atoms with E-state index < -0.39 is 29.8 Å². The molecule has 0 aliphatic rings. The number of carbonyl (C=O) groups excluding carboxylic acids is 1. The second-order valence-corrected chi connectivity index (χ2v) is 4.82. The van der Waals surface area contributed by atoms with E-state index in [2.05, 4.69) is 0 Å². The van der Waals surface area contributed by atoms with Gasteiger partial charge in [0.2, 0.25) is 0 Å². The summed E-state index contributed by atoms with van der Waals surface area (Å²) in [6.07, 6.45) is -1.31. The highest BCUT2D eigenvalue weighted by atomic mass is 16.6. The van der Waals surface area contributed by atoms with E-state index in [1.807, 2.05) is 0 Å². The molecule has 0 spiro atoms. The molecule has 0 fully saturated rings. The van der Waals surface area contributed by atoms with E-state index in [9.17, 15) is 9.59 Å². The molecule has 6 nitrogen and oxygen atoms in total. The molecule has 17 heavy (non-hydrogen) atoms. The maximum absolute atomic E-state index is 11.7. The summed E-state index contributed by atoms with van der Waals surface area (Å²) < 4.78 is 10.0. The van der Waals surface area contributed by atoms with Gasteiger partial charge in [-0.05, 0) is 27.7 Å². The topological polar surface area (TPSA) is 76.1 Å². The first kappa shape index (κ1) is 15.7. The molecule has 2 atom stereocenters. The van der Waals surface area contributed by atoms with E-state index in [4.69, 9.17) is 14.6 Å². The lowest BCUT2D eigenvalue weighted by Crippen LogP contribution is -2.50. The summed E-state index contributed by atoms with van der Waals surface area (Å²) in [5.74, 6) is -1.13. The zero-order valence-corrected chi connectivity index (χ0v) is 11.2. The Kier molecular flexibility index (Phi) is 5.41. The van der Waals surface area contributed by atoms with Crippen LogP contribution in [0.4, 0.5) is 4.79 Å². The molecule has 0 heterocycles. The van der Waals surface area contributed by atoms with Crippen molar-refractivity contribution < 1.29 is 24.2 Å². The summed E-state index contributed by atoms with van der Waals surface area (Å²) in [6.45, 7) is 6.73. The van der Waals surface area contributed by atoms with Crippen LogP contribution in [-0.2, 0) is 14.3 Å². The first-order valence-electron chi connectivity index (χ1n) is 5.31. The number of hydrogen-bond acceptors (Lipinski definition) is 4. The van der Waals surface area contributed by atoms with Crippen LogP contribution in [0.15, 0.2) is 0 Å². The van der Waals surface area contributed by atoms with Crippen LogP contribution in [0.5, 0.6) is 0 Å². The second kappa shape index (κ2) is 5.86. The van der Waals surface area contributed by atoms with Crippen molar-refractivity contribution in [2.75, 3.05) is 14.2 Å². The van der Waals surface area contributed by atoms with Gasteiger partial charge in [-0.25, -0.2) is 9.59 Å². The number of ether oxygens (including phenoxy) is 2. The fraction of sp³-hybridized carbons (Fsp3) is 0.818. The number of carboxylic acids is 1. The molecule has 1 amide bonds. The molecule has 100 valence electrons. The minimum Gasteiger partial charge on any atom is -0.480 e. The molecule has 6 heteroatoms. The molecular weight excluding hydrogens is 226 g/mol. The van der Waals surface area contributed by atoms with Crippen LogP contribution in [0.3, 0.4) is 0 Å². The Morgan fingerprint density at radius 2 is 1.76 bits per heavy atom. The number of carbonyl (C=O) groups is 2. The summed E-state index contributed by atoms with van der Waals surface area (Å²) in [6, 6.07) is -1.07. The lowest BCUT2D eigenvalue weighted by Gasteiger charge is -2.30. The standard InChI is InChI=1S/C11H21NO5/c1-7(16-6)8(9(13)14)12(5)10(15)17-11(2,3)4/h7-8H,1-6H3,(H,13,14)/t7-,8-/m1/s1. The van der Waals surface area contributed by atoms with Gasteiger partial charge in [-0.2, -0.15) is 0 Å². The largest absolute Gasteiger partial charge is 0.480 e. The van der Waals surface area contributed by atoms with Crippen molar-refractivity contribution in [3.63, 3.8) is 0 Å². The molecule has 0 radical (unpaired) electrons. The first-order chi connectivity index (χ1) is 7.60. The molecular formula is C11H21NO5. The maximum Gasteiger partial charge on any atom is 0.410 e. The fourth-order valence-electron chi connectivity index (χ4n) is 1.26. The van der Waals surface area contributed by atoms with Gasteiger partial charge in [0.15, 0.2) is 6.04 Å². The summed E-state index contributed by atoms with van der Waals surface area (Å²) in [7, 11) is 2.77. The number of nitrogens with zero attached hydrogens (tertiary/aromatic N) is 1. The Hall–Kier alpha value is -1.30. The van der Waals surface area contributed by atoms with E-state index in [0.29, 0.717) is 0 Å². The lowest BCUT2D eigenvalue weighted by molar-refractivity contribution is -0.147. The van der Waals surface area contributed by atoms with E-state index >= 15 is 0 Å². The van der Waals surface area contributed by atoms with Gasteiger partial charge in [-0.3, -0.25) is 4.90 Å². The van der Waals surface area contributed by atoms with Gasteiger partial charge in [0.1, 0.15) is 5.60 Å². The third kappa shape index (κ3) is 5.04. The molecule has 0 aliphatic heterocycles. The molecule has 0 aliphatic carbocycles. The Bertz CT molecular complexity index is 284. The van der Waals surface area contributed by atoms with Crippen LogP contribution >= 0.6 is 0 Å². The van der Waals surface area contributed by atoms with Gasteiger partial charge in [0.25, 0.3) is 0 Å². The van der Waals surface area contributed by atoms with Crippen LogP contribution in [0, 0.1) is 0 Å². The summed E-state index contributed by atoms with van der Waals surface area (Å²) in [5, 5.41) is 9.06. The van der Waals surface area contributed by atoms with Gasteiger partial charge >= 0.3 is 12.1 Å². The minimum atomic E-state index is -1.13. The van der Waals surface area contributed by atoms with Crippen LogP contribution in [0.2, 0.25) is 0 Å². The van der Waals surface area contributed by atoms with E-state index in [0.717, 1.165) is 4.90 Å². The lowest BCUT2D eigenvalue weighted by atomic mass is 10.1. The van der Waals surface area contributed by atoms with Crippen molar-refractivity contribution >= 4 is 12.1 Å². The molecule has 0 bridgehead atoms. The average molecular weight is 247 g/mol. The molecule has 1 N–H and O–H groups in total. The van der Waals surface area contributed by atoms with Gasteiger partial charge in [0.05, 0.1) is 6.10 Å². The van der Waals surface area contributed by atoms with Crippen LogP contribution in [0.25, 0.3) is 0 Å². The molecule has 0 aromatic rings. The molecule has 0 rings (SSSR count). The molecule has 0 aromatic heterocycles. The quantitative estimate of drug-likeness (QED) is 0.811. The Morgan fingerprint density at radius 1 is 1.29 bits per heavy atom. The van der Waals surface area contributed by atoms with E-state index in [1.165, 1.54) is 14.2 Å². The maximum atomic E-state index is 11.7. The van der Waals surface area contributed by atoms with E-state index in [1.54, 1.807) is 27.7 Å². The normalized spacial score (nSPS) is 14.9. The number of methoxy groups -OCH3 is 1. The Labute approximate surface area is 101 Å². The van der Waals surface area contributed by atoms with Crippen molar-refractivity contribution in [2.24, 2.45) is 0 Å². The number of rotatable bonds is 4. The third-order valence-corrected chi connectivity index (χ3v) is 2.17. The van der Waals surface area contributed by atoms with Gasteiger partial charge < -0.3 is 14.6 Å². The summed E-state index contributed by atoms with van der Waals surface area (Å²) >= 11 is 0. The Balaban J connectivity index is 4.79. The van der Waals surface area contributed by atoms with Crippen molar-refractivity contribution in [1.82, 2.24) is 4.90 Å². The van der Waals surface area contributed by atoms with Crippen molar-refractivity contribution in [3.05, 3.63) is 0 Å². The predicted molar refractivity (Wildman–Crippen MR) is 61.9 cm³/mol. The highest BCUT2D eigenvalue weighted by Gasteiger charge is 2.34. The monoisotopic (exact) mass is 247 g/mol. The smallest absolute Gasteiger partial charge is 0.410 e. The second-order valence-electron chi connectivity index (χ2n) is 4.82. The van der Waals surface area contributed by atoms with Gasteiger partial charge in [-0.15, -0.1) is 0 Å². The SMILES string of the molecule is CO[C@H](C)[C@H](C(=O)O)N(C)C(=O)OC(C)(C)C. The fourth-order valence-corrected chi connectivity index (χ4v) is 1.26. The third-order valence-electron chi connectivity index (χ3n) is 2.17.